The van der Waals surface area contributed by atoms with E-state index in [0.717, 1.165) is 23.6 Å². The van der Waals surface area contributed by atoms with Gasteiger partial charge in [0, 0.05) is 32.0 Å². The molecule has 2 heterocycles. The van der Waals surface area contributed by atoms with Gasteiger partial charge >= 0.3 is 0 Å². The summed E-state index contributed by atoms with van der Waals surface area (Å²) in [5.74, 6) is 1.87. The number of allylic oxidation sites excluding steroid dienone is 2. The standard InChI is InChI=1S/C20H27N5O/c1-13-7-18(21-23(13)3)12-25(11-17-10-15-5-6-16(17)9-15)20(26)19-8-14(2)24(4)22-19/h5-8,15-17H,9-12H2,1-4H3/t15-,16+,17-/m1/s1. The first kappa shape index (κ1) is 17.1. The third-order valence-electron chi connectivity index (χ3n) is 6.01. The van der Waals surface area contributed by atoms with E-state index in [0.29, 0.717) is 30.0 Å². The predicted octanol–water partition coefficient (Wildman–Crippen LogP) is 2.63. The van der Waals surface area contributed by atoms with Gasteiger partial charge in [0.25, 0.3) is 5.91 Å². The van der Waals surface area contributed by atoms with Crippen LogP contribution < -0.4 is 0 Å². The maximum atomic E-state index is 13.2. The van der Waals surface area contributed by atoms with Gasteiger partial charge in [-0.05, 0) is 56.6 Å². The van der Waals surface area contributed by atoms with Crippen molar-refractivity contribution in [3.05, 3.63) is 47.1 Å². The van der Waals surface area contributed by atoms with Crippen LogP contribution in [-0.2, 0) is 20.6 Å². The van der Waals surface area contributed by atoms with Gasteiger partial charge in [0.2, 0.25) is 0 Å². The molecule has 1 amide bonds. The monoisotopic (exact) mass is 353 g/mol. The van der Waals surface area contributed by atoms with Gasteiger partial charge in [0.1, 0.15) is 0 Å². The number of carbonyl (C=O) groups excluding carboxylic acids is 1. The molecule has 2 aromatic rings. The number of amides is 1. The molecule has 0 spiro atoms. The molecule has 2 bridgehead atoms. The van der Waals surface area contributed by atoms with Gasteiger partial charge < -0.3 is 4.90 Å². The molecule has 0 saturated heterocycles. The molecule has 2 aliphatic carbocycles. The first-order valence-electron chi connectivity index (χ1n) is 9.38. The predicted molar refractivity (Wildman–Crippen MR) is 99.5 cm³/mol. The molecular formula is C20H27N5O. The molecular weight excluding hydrogens is 326 g/mol. The van der Waals surface area contributed by atoms with Crippen LogP contribution in [0.2, 0.25) is 0 Å². The van der Waals surface area contributed by atoms with Gasteiger partial charge in [-0.2, -0.15) is 10.2 Å². The lowest BCUT2D eigenvalue weighted by Gasteiger charge is -2.27. The van der Waals surface area contributed by atoms with Gasteiger partial charge in [0.05, 0.1) is 12.2 Å². The lowest BCUT2D eigenvalue weighted by molar-refractivity contribution is 0.0695. The van der Waals surface area contributed by atoms with Crippen molar-refractivity contribution >= 4 is 5.91 Å². The van der Waals surface area contributed by atoms with Crippen LogP contribution in [0.5, 0.6) is 0 Å². The van der Waals surface area contributed by atoms with E-state index >= 15 is 0 Å². The van der Waals surface area contributed by atoms with Crippen LogP contribution in [0.1, 0.15) is 40.4 Å². The minimum atomic E-state index is 0.00348. The molecule has 0 N–H and O–H groups in total. The SMILES string of the molecule is Cc1cc(CN(C[C@H]2C[C@@H]3C=C[C@H]2C3)C(=O)c2cc(C)n(C)n2)nn1C. The molecule has 1 fully saturated rings. The summed E-state index contributed by atoms with van der Waals surface area (Å²) in [5, 5.41) is 8.96. The molecule has 2 aromatic heterocycles. The Morgan fingerprint density at radius 3 is 2.38 bits per heavy atom. The van der Waals surface area contributed by atoms with Crippen molar-refractivity contribution in [3.63, 3.8) is 0 Å². The van der Waals surface area contributed by atoms with Gasteiger partial charge in [0.15, 0.2) is 5.69 Å². The lowest BCUT2D eigenvalue weighted by atomic mass is 9.93. The van der Waals surface area contributed by atoms with E-state index in [1.165, 1.54) is 12.8 Å². The maximum Gasteiger partial charge on any atom is 0.274 e. The molecule has 3 atom stereocenters. The van der Waals surface area contributed by atoms with E-state index < -0.39 is 0 Å². The molecule has 4 rings (SSSR count). The van der Waals surface area contributed by atoms with Crippen LogP contribution >= 0.6 is 0 Å². The van der Waals surface area contributed by atoms with Gasteiger partial charge in [-0.1, -0.05) is 12.2 Å². The molecule has 0 unspecified atom stereocenters. The Morgan fingerprint density at radius 1 is 1.12 bits per heavy atom. The van der Waals surface area contributed by atoms with Crippen molar-refractivity contribution in [3.8, 4) is 0 Å². The van der Waals surface area contributed by atoms with Crippen LogP contribution in [-0.4, -0.2) is 36.9 Å². The zero-order valence-electron chi connectivity index (χ0n) is 16.0. The van der Waals surface area contributed by atoms with Crippen LogP contribution in [0, 0.1) is 31.6 Å². The number of hydrogen-bond acceptors (Lipinski definition) is 3. The Bertz CT molecular complexity index is 823. The van der Waals surface area contributed by atoms with Crippen LogP contribution in [0.3, 0.4) is 0 Å². The highest BCUT2D eigenvalue weighted by Gasteiger charge is 2.37. The summed E-state index contributed by atoms with van der Waals surface area (Å²) in [7, 11) is 3.81. The van der Waals surface area contributed by atoms with Gasteiger partial charge in [-0.3, -0.25) is 14.2 Å². The highest BCUT2D eigenvalue weighted by Crippen LogP contribution is 2.43. The summed E-state index contributed by atoms with van der Waals surface area (Å²) in [6.45, 7) is 5.31. The average molecular weight is 353 g/mol. The Hall–Kier alpha value is -2.37. The fourth-order valence-corrected chi connectivity index (χ4v) is 4.34. The van der Waals surface area contributed by atoms with E-state index in [1.807, 2.05) is 43.6 Å². The zero-order chi connectivity index (χ0) is 18.4. The fraction of sp³-hybridized carbons (Fsp3) is 0.550. The number of hydrogen-bond donors (Lipinski definition) is 0. The average Bonchev–Trinajstić information content (AvgIpc) is 3.34. The highest BCUT2D eigenvalue weighted by molar-refractivity contribution is 5.92. The second-order valence-corrected chi connectivity index (χ2v) is 7.92. The molecule has 0 radical (unpaired) electrons. The molecule has 2 aliphatic rings. The highest BCUT2D eigenvalue weighted by atomic mass is 16.2. The Kier molecular flexibility index (Phi) is 4.21. The molecule has 1 saturated carbocycles. The summed E-state index contributed by atoms with van der Waals surface area (Å²) in [6.07, 6.45) is 7.13. The number of aromatic nitrogens is 4. The smallest absolute Gasteiger partial charge is 0.274 e. The topological polar surface area (TPSA) is 56.0 Å². The normalized spacial score (nSPS) is 23.8. The molecule has 0 aromatic carbocycles. The lowest BCUT2D eigenvalue weighted by Crippen LogP contribution is -2.36. The fourth-order valence-electron chi connectivity index (χ4n) is 4.34. The third-order valence-corrected chi connectivity index (χ3v) is 6.01. The molecule has 0 aliphatic heterocycles. The second kappa shape index (κ2) is 6.41. The summed E-state index contributed by atoms with van der Waals surface area (Å²) in [6, 6.07) is 3.93. The van der Waals surface area contributed by atoms with Crippen LogP contribution in [0.4, 0.5) is 0 Å². The van der Waals surface area contributed by atoms with Gasteiger partial charge in [-0.25, -0.2) is 0 Å². The van der Waals surface area contributed by atoms with Crippen molar-refractivity contribution in [1.82, 2.24) is 24.5 Å². The van der Waals surface area contributed by atoms with Crippen molar-refractivity contribution in [2.24, 2.45) is 31.8 Å². The number of carbonyl (C=O) groups is 1. The quantitative estimate of drug-likeness (QED) is 0.777. The summed E-state index contributed by atoms with van der Waals surface area (Å²) in [5.41, 5.74) is 3.55. The van der Waals surface area contributed by atoms with E-state index in [2.05, 4.69) is 28.4 Å². The first-order valence-corrected chi connectivity index (χ1v) is 9.38. The number of rotatable bonds is 5. The third kappa shape index (κ3) is 3.08. The first-order chi connectivity index (χ1) is 12.4. The van der Waals surface area contributed by atoms with E-state index in [4.69, 9.17) is 0 Å². The van der Waals surface area contributed by atoms with Crippen molar-refractivity contribution in [2.45, 2.75) is 33.2 Å². The van der Waals surface area contributed by atoms with Crippen LogP contribution in [0.25, 0.3) is 0 Å². The van der Waals surface area contributed by atoms with E-state index in [9.17, 15) is 4.79 Å². The Morgan fingerprint density at radius 2 is 1.85 bits per heavy atom. The zero-order valence-corrected chi connectivity index (χ0v) is 16.0. The Labute approximate surface area is 154 Å². The molecule has 26 heavy (non-hydrogen) atoms. The summed E-state index contributed by atoms with van der Waals surface area (Å²) in [4.78, 5) is 15.1. The number of nitrogens with zero attached hydrogens (tertiary/aromatic N) is 5. The van der Waals surface area contributed by atoms with Crippen molar-refractivity contribution in [2.75, 3.05) is 6.54 Å². The largest absolute Gasteiger partial charge is 0.331 e. The molecule has 6 nitrogen and oxygen atoms in total. The maximum absolute atomic E-state index is 13.2. The van der Waals surface area contributed by atoms with E-state index in [1.54, 1.807) is 4.68 Å². The number of fused-ring (bicyclic) bond motifs is 2. The molecule has 138 valence electrons. The Balaban J connectivity index is 1.57. The van der Waals surface area contributed by atoms with Crippen LogP contribution in [0.15, 0.2) is 24.3 Å². The van der Waals surface area contributed by atoms with Gasteiger partial charge in [-0.15, -0.1) is 0 Å². The van der Waals surface area contributed by atoms with E-state index in [-0.39, 0.29) is 5.91 Å². The minimum absolute atomic E-state index is 0.00348. The van der Waals surface area contributed by atoms with Crippen molar-refractivity contribution < 1.29 is 4.79 Å². The second-order valence-electron chi connectivity index (χ2n) is 7.92. The van der Waals surface area contributed by atoms with Crippen molar-refractivity contribution in [1.29, 1.82) is 0 Å². The minimum Gasteiger partial charge on any atom is -0.331 e. The number of aryl methyl sites for hydroxylation is 4. The summed E-state index contributed by atoms with van der Waals surface area (Å²) < 4.78 is 3.62. The summed E-state index contributed by atoms with van der Waals surface area (Å²) >= 11 is 0. The molecule has 6 heteroatoms.